The van der Waals surface area contributed by atoms with Gasteiger partial charge in [-0.2, -0.15) is 4.31 Å². The van der Waals surface area contributed by atoms with Crippen LogP contribution in [0.25, 0.3) is 0 Å². The third-order valence-electron chi connectivity index (χ3n) is 3.96. The Morgan fingerprint density at radius 3 is 2.35 bits per heavy atom. The van der Waals surface area contributed by atoms with E-state index in [1.807, 2.05) is 30.3 Å². The first-order valence-electron chi connectivity index (χ1n) is 7.19. The second kappa shape index (κ2) is 6.24. The molecule has 1 fully saturated rings. The summed E-state index contributed by atoms with van der Waals surface area (Å²) < 4.78 is 25.9. The number of benzene rings is 1. The van der Waals surface area contributed by atoms with Crippen LogP contribution in [-0.4, -0.2) is 35.7 Å². The largest absolute Gasteiger partial charge is 0.389 e. The molecule has 0 aliphatic heterocycles. The molecule has 0 heterocycles. The van der Waals surface area contributed by atoms with Crippen LogP contribution in [0.4, 0.5) is 0 Å². The molecule has 112 valence electrons. The lowest BCUT2D eigenvalue weighted by Crippen LogP contribution is -2.44. The van der Waals surface area contributed by atoms with Gasteiger partial charge >= 0.3 is 0 Å². The van der Waals surface area contributed by atoms with E-state index in [4.69, 9.17) is 0 Å². The Labute approximate surface area is 121 Å². The summed E-state index contributed by atoms with van der Waals surface area (Å²) in [6, 6.07) is 9.53. The number of aliphatic hydroxyl groups is 1. The first-order valence-corrected chi connectivity index (χ1v) is 8.80. The van der Waals surface area contributed by atoms with Gasteiger partial charge in [-0.15, -0.1) is 0 Å². The van der Waals surface area contributed by atoms with Gasteiger partial charge in [-0.3, -0.25) is 0 Å². The zero-order valence-corrected chi connectivity index (χ0v) is 12.8. The molecule has 0 spiro atoms. The molecule has 1 aliphatic rings. The van der Waals surface area contributed by atoms with Crippen LogP contribution in [0.2, 0.25) is 0 Å². The van der Waals surface area contributed by atoms with Gasteiger partial charge in [0.25, 0.3) is 0 Å². The standard InChI is InChI=1S/C15H23NO3S/c1-2-20(18,19)16(12-14-8-4-3-5-9-14)13-15(17)10-6-7-11-15/h3-5,8-9,17H,2,6-7,10-13H2,1H3. The normalized spacial score (nSPS) is 18.6. The molecule has 1 aromatic rings. The molecule has 1 N–H and O–H groups in total. The molecule has 0 radical (unpaired) electrons. The van der Waals surface area contributed by atoms with Crippen LogP contribution in [0.5, 0.6) is 0 Å². The van der Waals surface area contributed by atoms with Gasteiger partial charge in [-0.1, -0.05) is 43.2 Å². The van der Waals surface area contributed by atoms with Crippen molar-refractivity contribution in [3.63, 3.8) is 0 Å². The maximum absolute atomic E-state index is 12.2. The first kappa shape index (κ1) is 15.5. The van der Waals surface area contributed by atoms with Crippen LogP contribution in [0.3, 0.4) is 0 Å². The van der Waals surface area contributed by atoms with Gasteiger partial charge in [0.15, 0.2) is 0 Å². The van der Waals surface area contributed by atoms with E-state index in [1.165, 1.54) is 4.31 Å². The summed E-state index contributed by atoms with van der Waals surface area (Å²) >= 11 is 0. The number of nitrogens with zero attached hydrogens (tertiary/aromatic N) is 1. The lowest BCUT2D eigenvalue weighted by atomic mass is 10.0. The molecule has 0 amide bonds. The minimum atomic E-state index is -3.31. The fraction of sp³-hybridized carbons (Fsp3) is 0.600. The Balaban J connectivity index is 2.17. The van der Waals surface area contributed by atoms with Gasteiger partial charge in [-0.05, 0) is 25.3 Å². The summed E-state index contributed by atoms with van der Waals surface area (Å²) in [5.74, 6) is 0.0654. The highest BCUT2D eigenvalue weighted by Gasteiger charge is 2.36. The number of sulfonamides is 1. The number of hydrogen-bond donors (Lipinski definition) is 1. The summed E-state index contributed by atoms with van der Waals surface area (Å²) in [6.45, 7) is 2.18. The molecule has 1 saturated carbocycles. The van der Waals surface area contributed by atoms with Gasteiger partial charge in [0, 0.05) is 13.1 Å². The van der Waals surface area contributed by atoms with E-state index in [2.05, 4.69) is 0 Å². The van der Waals surface area contributed by atoms with Crippen LogP contribution < -0.4 is 0 Å². The van der Waals surface area contributed by atoms with Gasteiger partial charge in [0.05, 0.1) is 11.4 Å². The van der Waals surface area contributed by atoms with Crippen molar-refractivity contribution >= 4 is 10.0 Å². The van der Waals surface area contributed by atoms with Crippen LogP contribution in [0.15, 0.2) is 30.3 Å². The molecule has 0 bridgehead atoms. The first-order chi connectivity index (χ1) is 9.45. The zero-order valence-electron chi connectivity index (χ0n) is 12.0. The second-order valence-corrected chi connectivity index (χ2v) is 7.84. The van der Waals surface area contributed by atoms with Crippen LogP contribution in [-0.2, 0) is 16.6 Å². The highest BCUT2D eigenvalue weighted by atomic mass is 32.2. The maximum atomic E-state index is 12.2. The molecule has 5 heteroatoms. The predicted molar refractivity (Wildman–Crippen MR) is 79.7 cm³/mol. The predicted octanol–water partition coefficient (Wildman–Crippen LogP) is 2.14. The van der Waals surface area contributed by atoms with Crippen molar-refractivity contribution in [1.29, 1.82) is 0 Å². The van der Waals surface area contributed by atoms with Crippen molar-refractivity contribution < 1.29 is 13.5 Å². The summed E-state index contributed by atoms with van der Waals surface area (Å²) in [4.78, 5) is 0. The van der Waals surface area contributed by atoms with E-state index >= 15 is 0 Å². The SMILES string of the molecule is CCS(=O)(=O)N(Cc1ccccc1)CC1(O)CCCC1. The molecule has 20 heavy (non-hydrogen) atoms. The number of rotatable bonds is 6. The lowest BCUT2D eigenvalue weighted by Gasteiger charge is -2.30. The third kappa shape index (κ3) is 3.81. The summed E-state index contributed by atoms with van der Waals surface area (Å²) in [5, 5.41) is 10.5. The monoisotopic (exact) mass is 297 g/mol. The van der Waals surface area contributed by atoms with E-state index in [-0.39, 0.29) is 12.3 Å². The van der Waals surface area contributed by atoms with E-state index in [9.17, 15) is 13.5 Å². The Bertz CT molecular complexity index is 521. The molecular formula is C15H23NO3S. The van der Waals surface area contributed by atoms with E-state index in [0.717, 1.165) is 18.4 Å². The fourth-order valence-electron chi connectivity index (χ4n) is 2.74. The Morgan fingerprint density at radius 2 is 1.80 bits per heavy atom. The Hall–Kier alpha value is -0.910. The van der Waals surface area contributed by atoms with E-state index in [1.54, 1.807) is 6.92 Å². The molecule has 1 aliphatic carbocycles. The minimum absolute atomic E-state index is 0.0654. The van der Waals surface area contributed by atoms with Crippen molar-refractivity contribution in [2.45, 2.75) is 44.8 Å². The molecule has 0 saturated heterocycles. The lowest BCUT2D eigenvalue weighted by molar-refractivity contribution is 0.0279. The van der Waals surface area contributed by atoms with Crippen molar-refractivity contribution in [2.75, 3.05) is 12.3 Å². The average molecular weight is 297 g/mol. The van der Waals surface area contributed by atoms with Gasteiger partial charge < -0.3 is 5.11 Å². The summed E-state index contributed by atoms with van der Waals surface area (Å²) in [5.41, 5.74) is 0.0999. The molecule has 0 unspecified atom stereocenters. The van der Waals surface area contributed by atoms with Crippen molar-refractivity contribution in [2.24, 2.45) is 0 Å². The molecular weight excluding hydrogens is 274 g/mol. The quantitative estimate of drug-likeness (QED) is 0.875. The molecule has 2 rings (SSSR count). The third-order valence-corrected chi connectivity index (χ3v) is 5.74. The average Bonchev–Trinajstić information content (AvgIpc) is 2.86. The Morgan fingerprint density at radius 1 is 1.20 bits per heavy atom. The fourth-order valence-corrected chi connectivity index (χ4v) is 3.89. The Kier molecular flexibility index (Phi) is 4.83. The van der Waals surface area contributed by atoms with Crippen molar-refractivity contribution in [1.82, 2.24) is 4.31 Å². The second-order valence-electron chi connectivity index (χ2n) is 5.59. The maximum Gasteiger partial charge on any atom is 0.214 e. The molecule has 4 nitrogen and oxygen atoms in total. The van der Waals surface area contributed by atoms with Crippen LogP contribution in [0, 0.1) is 0 Å². The zero-order chi connectivity index (χ0) is 14.6. The van der Waals surface area contributed by atoms with Gasteiger partial charge in [0.2, 0.25) is 10.0 Å². The smallest absolute Gasteiger partial charge is 0.214 e. The van der Waals surface area contributed by atoms with Crippen molar-refractivity contribution in [3.8, 4) is 0 Å². The van der Waals surface area contributed by atoms with Crippen LogP contribution >= 0.6 is 0 Å². The molecule has 0 aromatic heterocycles. The number of hydrogen-bond acceptors (Lipinski definition) is 3. The molecule has 1 aromatic carbocycles. The van der Waals surface area contributed by atoms with E-state index in [0.29, 0.717) is 19.4 Å². The van der Waals surface area contributed by atoms with Gasteiger partial charge in [0.1, 0.15) is 0 Å². The van der Waals surface area contributed by atoms with E-state index < -0.39 is 15.6 Å². The highest BCUT2D eigenvalue weighted by molar-refractivity contribution is 7.89. The molecule has 0 atom stereocenters. The minimum Gasteiger partial charge on any atom is -0.389 e. The van der Waals surface area contributed by atoms with Gasteiger partial charge in [-0.25, -0.2) is 8.42 Å². The summed E-state index contributed by atoms with van der Waals surface area (Å²) in [7, 11) is -3.31. The van der Waals surface area contributed by atoms with Crippen molar-refractivity contribution in [3.05, 3.63) is 35.9 Å². The topological polar surface area (TPSA) is 57.6 Å². The highest BCUT2D eigenvalue weighted by Crippen LogP contribution is 2.31. The summed E-state index contributed by atoms with van der Waals surface area (Å²) in [6.07, 6.45) is 3.33. The van der Waals surface area contributed by atoms with Crippen LogP contribution in [0.1, 0.15) is 38.2 Å².